The molecule has 150 valence electrons. The average molecular weight is 383 g/mol. The molecular formula is C21H30N6O. The Labute approximate surface area is 167 Å². The Hall–Kier alpha value is -2.70. The van der Waals surface area contributed by atoms with Crippen LogP contribution in [0.15, 0.2) is 24.4 Å². The smallest absolute Gasteiger partial charge is 0.249 e. The standard InChI is InChI=1S/C21H30N6O/c1-14(2)17-7-6-8-18(15(3)4)20(17)24-21-23-19(13-22-25-21)27-11-9-26(10-12-27)16(5)28/h6-8,13-15H,9-12H2,1-5H3,(H,23,24,25). The van der Waals surface area contributed by atoms with Gasteiger partial charge in [-0.05, 0) is 23.0 Å². The van der Waals surface area contributed by atoms with Gasteiger partial charge in [-0.3, -0.25) is 4.79 Å². The van der Waals surface area contributed by atoms with E-state index in [0.717, 1.165) is 24.6 Å². The largest absolute Gasteiger partial charge is 0.352 e. The number of nitrogens with one attached hydrogen (secondary N) is 1. The van der Waals surface area contributed by atoms with E-state index in [9.17, 15) is 4.79 Å². The number of piperazine rings is 1. The number of para-hydroxylation sites is 1. The lowest BCUT2D eigenvalue weighted by Gasteiger charge is -2.34. The molecular weight excluding hydrogens is 352 g/mol. The summed E-state index contributed by atoms with van der Waals surface area (Å²) in [6.07, 6.45) is 1.69. The van der Waals surface area contributed by atoms with Crippen molar-refractivity contribution < 1.29 is 4.79 Å². The maximum Gasteiger partial charge on any atom is 0.249 e. The van der Waals surface area contributed by atoms with Gasteiger partial charge in [0, 0.05) is 38.8 Å². The number of aromatic nitrogens is 3. The number of anilines is 3. The molecule has 3 rings (SSSR count). The summed E-state index contributed by atoms with van der Waals surface area (Å²) in [6, 6.07) is 6.41. The zero-order chi connectivity index (χ0) is 20.3. The number of carbonyl (C=O) groups excluding carboxylic acids is 1. The van der Waals surface area contributed by atoms with E-state index in [1.165, 1.54) is 11.1 Å². The molecule has 1 aromatic carbocycles. The van der Waals surface area contributed by atoms with Crippen molar-refractivity contribution in [3.8, 4) is 0 Å². The monoisotopic (exact) mass is 382 g/mol. The van der Waals surface area contributed by atoms with Gasteiger partial charge in [-0.25, -0.2) is 0 Å². The van der Waals surface area contributed by atoms with E-state index in [4.69, 9.17) is 4.98 Å². The number of hydrogen-bond donors (Lipinski definition) is 1. The Morgan fingerprint density at radius 2 is 1.64 bits per heavy atom. The molecule has 0 saturated carbocycles. The third kappa shape index (κ3) is 4.40. The molecule has 7 nitrogen and oxygen atoms in total. The van der Waals surface area contributed by atoms with Gasteiger partial charge in [-0.1, -0.05) is 45.9 Å². The highest BCUT2D eigenvalue weighted by atomic mass is 16.2. The van der Waals surface area contributed by atoms with Crippen LogP contribution in [0.1, 0.15) is 57.6 Å². The van der Waals surface area contributed by atoms with Crippen LogP contribution in [0.3, 0.4) is 0 Å². The molecule has 1 aliphatic heterocycles. The summed E-state index contributed by atoms with van der Waals surface area (Å²) < 4.78 is 0. The van der Waals surface area contributed by atoms with Crippen molar-refractivity contribution in [3.05, 3.63) is 35.5 Å². The minimum atomic E-state index is 0.120. The Bertz CT molecular complexity index is 801. The Morgan fingerprint density at radius 3 is 2.18 bits per heavy atom. The normalized spacial score (nSPS) is 14.7. The Kier molecular flexibility index (Phi) is 6.11. The van der Waals surface area contributed by atoms with Crippen molar-refractivity contribution in [1.29, 1.82) is 0 Å². The Balaban J connectivity index is 1.84. The summed E-state index contributed by atoms with van der Waals surface area (Å²) in [4.78, 5) is 20.2. The van der Waals surface area contributed by atoms with Gasteiger partial charge in [0.2, 0.25) is 11.9 Å². The summed E-state index contributed by atoms with van der Waals surface area (Å²) in [7, 11) is 0. The van der Waals surface area contributed by atoms with E-state index in [0.29, 0.717) is 30.9 Å². The van der Waals surface area contributed by atoms with E-state index in [1.807, 2.05) is 4.90 Å². The second kappa shape index (κ2) is 8.54. The third-order valence-corrected chi connectivity index (χ3v) is 5.20. The molecule has 0 radical (unpaired) electrons. The van der Waals surface area contributed by atoms with Crippen LogP contribution < -0.4 is 10.2 Å². The lowest BCUT2D eigenvalue weighted by molar-refractivity contribution is -0.129. The summed E-state index contributed by atoms with van der Waals surface area (Å²) in [6.45, 7) is 13.3. The van der Waals surface area contributed by atoms with E-state index in [2.05, 4.69) is 66.3 Å². The molecule has 2 heterocycles. The van der Waals surface area contributed by atoms with Crippen LogP contribution in [0.25, 0.3) is 0 Å². The molecule has 28 heavy (non-hydrogen) atoms. The maximum atomic E-state index is 11.5. The summed E-state index contributed by atoms with van der Waals surface area (Å²) in [5, 5.41) is 11.8. The van der Waals surface area contributed by atoms with Crippen LogP contribution in [-0.4, -0.2) is 52.2 Å². The molecule has 2 aromatic rings. The van der Waals surface area contributed by atoms with E-state index < -0.39 is 0 Å². The highest BCUT2D eigenvalue weighted by Crippen LogP contribution is 2.33. The third-order valence-electron chi connectivity index (χ3n) is 5.20. The van der Waals surface area contributed by atoms with Gasteiger partial charge in [0.25, 0.3) is 0 Å². The van der Waals surface area contributed by atoms with Crippen LogP contribution in [0.5, 0.6) is 0 Å². The highest BCUT2D eigenvalue weighted by molar-refractivity contribution is 5.73. The number of amides is 1. The number of nitrogens with zero attached hydrogens (tertiary/aromatic N) is 5. The van der Waals surface area contributed by atoms with E-state index >= 15 is 0 Å². The molecule has 0 unspecified atom stereocenters. The van der Waals surface area contributed by atoms with Crippen molar-refractivity contribution in [2.24, 2.45) is 0 Å². The first-order valence-corrected chi connectivity index (χ1v) is 9.96. The SMILES string of the molecule is CC(=O)N1CCN(c2cnnc(Nc3c(C(C)C)cccc3C(C)C)n2)CC1. The molecule has 0 spiro atoms. The van der Waals surface area contributed by atoms with Gasteiger partial charge in [0.1, 0.15) is 0 Å². The molecule has 1 N–H and O–H groups in total. The van der Waals surface area contributed by atoms with Crippen LogP contribution in [-0.2, 0) is 4.79 Å². The van der Waals surface area contributed by atoms with Crippen molar-refractivity contribution in [3.63, 3.8) is 0 Å². The van der Waals surface area contributed by atoms with Gasteiger partial charge < -0.3 is 15.1 Å². The van der Waals surface area contributed by atoms with Crippen LogP contribution in [0.2, 0.25) is 0 Å². The fourth-order valence-corrected chi connectivity index (χ4v) is 3.56. The van der Waals surface area contributed by atoms with Crippen molar-refractivity contribution >= 4 is 23.4 Å². The topological polar surface area (TPSA) is 74.2 Å². The zero-order valence-electron chi connectivity index (χ0n) is 17.4. The van der Waals surface area contributed by atoms with Crippen LogP contribution >= 0.6 is 0 Å². The van der Waals surface area contributed by atoms with Gasteiger partial charge in [0.15, 0.2) is 5.82 Å². The fraction of sp³-hybridized carbons (Fsp3) is 0.524. The van der Waals surface area contributed by atoms with Crippen LogP contribution in [0.4, 0.5) is 17.5 Å². The van der Waals surface area contributed by atoms with E-state index in [1.54, 1.807) is 13.1 Å². The molecule has 1 fully saturated rings. The first-order chi connectivity index (χ1) is 13.4. The molecule has 0 atom stereocenters. The summed E-state index contributed by atoms with van der Waals surface area (Å²) in [5.41, 5.74) is 3.57. The number of carbonyl (C=O) groups is 1. The van der Waals surface area contributed by atoms with Crippen molar-refractivity contribution in [2.45, 2.75) is 46.5 Å². The lowest BCUT2D eigenvalue weighted by atomic mass is 9.93. The summed E-state index contributed by atoms with van der Waals surface area (Å²) >= 11 is 0. The summed E-state index contributed by atoms with van der Waals surface area (Å²) in [5.74, 6) is 2.18. The fourth-order valence-electron chi connectivity index (χ4n) is 3.56. The molecule has 1 amide bonds. The number of benzene rings is 1. The Morgan fingerprint density at radius 1 is 1.04 bits per heavy atom. The van der Waals surface area contributed by atoms with Crippen LogP contribution in [0, 0.1) is 0 Å². The second-order valence-electron chi connectivity index (χ2n) is 7.88. The quantitative estimate of drug-likeness (QED) is 0.853. The molecule has 1 aromatic heterocycles. The molecule has 1 aliphatic rings. The number of hydrogen-bond acceptors (Lipinski definition) is 6. The van der Waals surface area contributed by atoms with Gasteiger partial charge >= 0.3 is 0 Å². The first-order valence-electron chi connectivity index (χ1n) is 9.96. The van der Waals surface area contributed by atoms with Crippen molar-refractivity contribution in [2.75, 3.05) is 36.4 Å². The number of rotatable bonds is 5. The predicted molar refractivity (Wildman–Crippen MR) is 112 cm³/mol. The molecule has 0 aliphatic carbocycles. The minimum absolute atomic E-state index is 0.120. The van der Waals surface area contributed by atoms with E-state index in [-0.39, 0.29) is 5.91 Å². The molecule has 0 bridgehead atoms. The molecule has 1 saturated heterocycles. The van der Waals surface area contributed by atoms with Gasteiger partial charge in [-0.2, -0.15) is 10.1 Å². The molecule has 7 heteroatoms. The highest BCUT2D eigenvalue weighted by Gasteiger charge is 2.21. The second-order valence-corrected chi connectivity index (χ2v) is 7.88. The lowest BCUT2D eigenvalue weighted by Crippen LogP contribution is -2.48. The predicted octanol–water partition coefficient (Wildman–Crippen LogP) is 3.53. The van der Waals surface area contributed by atoms with Crippen molar-refractivity contribution in [1.82, 2.24) is 20.1 Å². The minimum Gasteiger partial charge on any atom is -0.352 e. The maximum absolute atomic E-state index is 11.5. The average Bonchev–Trinajstić information content (AvgIpc) is 2.68. The van der Waals surface area contributed by atoms with Gasteiger partial charge in [-0.15, -0.1) is 5.10 Å². The van der Waals surface area contributed by atoms with Gasteiger partial charge in [0.05, 0.1) is 6.20 Å². The zero-order valence-corrected chi connectivity index (χ0v) is 17.4. The first kappa shape index (κ1) is 20.0.